The molecule has 0 radical (unpaired) electrons. The molecule has 0 aliphatic heterocycles. The summed E-state index contributed by atoms with van der Waals surface area (Å²) in [7, 11) is 2.68. The molecule has 0 aliphatic carbocycles. The predicted octanol–water partition coefficient (Wildman–Crippen LogP) is 2.86. The van der Waals surface area contributed by atoms with Gasteiger partial charge in [0, 0.05) is 15.2 Å². The number of aryl methyl sites for hydroxylation is 1. The number of carbonyl (C=O) groups is 1. The third-order valence-electron chi connectivity index (χ3n) is 1.95. The molecule has 0 heterocycles. The van der Waals surface area contributed by atoms with Crippen LogP contribution in [-0.2, 0) is 13.8 Å². The van der Waals surface area contributed by atoms with Gasteiger partial charge in [-0.3, -0.25) is 5.32 Å². The summed E-state index contributed by atoms with van der Waals surface area (Å²) in [6.07, 6.45) is -0.647. The zero-order valence-corrected chi connectivity index (χ0v) is 12.1. The maximum atomic E-state index is 11.2. The average molecular weight is 343 g/mol. The molecule has 5 nitrogen and oxygen atoms in total. The molecule has 17 heavy (non-hydrogen) atoms. The molecule has 0 aromatic heterocycles. The van der Waals surface area contributed by atoms with Crippen molar-refractivity contribution in [3.05, 3.63) is 22.2 Å². The van der Waals surface area contributed by atoms with Crippen molar-refractivity contribution in [2.45, 2.75) is 11.8 Å². The SMILES string of the molecule is COC(=O)Nc1cc(C)c(S(=O)(=O)Cl)cc1Br. The van der Waals surface area contributed by atoms with Gasteiger partial charge in [-0.25, -0.2) is 13.2 Å². The number of benzene rings is 1. The topological polar surface area (TPSA) is 72.5 Å². The second-order valence-corrected chi connectivity index (χ2v) is 6.54. The van der Waals surface area contributed by atoms with Crippen LogP contribution in [0.1, 0.15) is 5.56 Å². The summed E-state index contributed by atoms with van der Waals surface area (Å²) in [5.74, 6) is 0. The highest BCUT2D eigenvalue weighted by Gasteiger charge is 2.16. The predicted molar refractivity (Wildman–Crippen MR) is 67.9 cm³/mol. The van der Waals surface area contributed by atoms with Crippen LogP contribution in [0.2, 0.25) is 0 Å². The van der Waals surface area contributed by atoms with Crippen LogP contribution in [0.15, 0.2) is 21.5 Å². The van der Waals surface area contributed by atoms with Gasteiger partial charge in [0.25, 0.3) is 9.05 Å². The first-order valence-electron chi connectivity index (χ1n) is 4.35. The lowest BCUT2D eigenvalue weighted by Crippen LogP contribution is -2.12. The molecule has 8 heteroatoms. The molecule has 0 saturated carbocycles. The first-order valence-corrected chi connectivity index (χ1v) is 7.45. The average Bonchev–Trinajstić information content (AvgIpc) is 2.21. The largest absolute Gasteiger partial charge is 0.453 e. The van der Waals surface area contributed by atoms with E-state index in [4.69, 9.17) is 10.7 Å². The first kappa shape index (κ1) is 14.3. The van der Waals surface area contributed by atoms with Gasteiger partial charge in [0.05, 0.1) is 17.7 Å². The van der Waals surface area contributed by atoms with Gasteiger partial charge in [0.2, 0.25) is 0 Å². The van der Waals surface area contributed by atoms with Crippen molar-refractivity contribution < 1.29 is 17.9 Å². The van der Waals surface area contributed by atoms with Crippen LogP contribution in [0.3, 0.4) is 0 Å². The zero-order valence-electron chi connectivity index (χ0n) is 8.95. The Bertz CT molecular complexity index is 558. The van der Waals surface area contributed by atoms with Crippen molar-refractivity contribution in [2.75, 3.05) is 12.4 Å². The van der Waals surface area contributed by atoms with Gasteiger partial charge in [-0.05, 0) is 40.5 Å². The van der Waals surface area contributed by atoms with E-state index in [1.54, 1.807) is 6.92 Å². The number of hydrogen-bond donors (Lipinski definition) is 1. The van der Waals surface area contributed by atoms with E-state index in [1.807, 2.05) is 0 Å². The maximum Gasteiger partial charge on any atom is 0.411 e. The van der Waals surface area contributed by atoms with E-state index < -0.39 is 15.1 Å². The standard InChI is InChI=1S/C9H9BrClNO4S/c1-5-3-7(12-9(13)16-2)6(10)4-8(5)17(11,14)15/h3-4H,1-2H3,(H,12,13). The zero-order chi connectivity index (χ0) is 13.2. The number of halogens is 2. The molecular formula is C9H9BrClNO4S. The number of amides is 1. The summed E-state index contributed by atoms with van der Waals surface area (Å²) in [6, 6.07) is 2.80. The lowest BCUT2D eigenvalue weighted by Gasteiger charge is -2.09. The van der Waals surface area contributed by atoms with E-state index in [-0.39, 0.29) is 4.90 Å². The van der Waals surface area contributed by atoms with Crippen molar-refractivity contribution >= 4 is 47.4 Å². The Morgan fingerprint density at radius 2 is 2.06 bits per heavy atom. The molecule has 1 aromatic rings. The summed E-state index contributed by atoms with van der Waals surface area (Å²) < 4.78 is 27.3. The molecule has 1 aromatic carbocycles. The van der Waals surface area contributed by atoms with Crippen molar-refractivity contribution in [1.29, 1.82) is 0 Å². The summed E-state index contributed by atoms with van der Waals surface area (Å²) in [4.78, 5) is 11.0. The number of hydrogen-bond acceptors (Lipinski definition) is 4. The van der Waals surface area contributed by atoms with E-state index >= 15 is 0 Å². The van der Waals surface area contributed by atoms with Crippen molar-refractivity contribution in [3.8, 4) is 0 Å². The summed E-state index contributed by atoms with van der Waals surface area (Å²) in [5.41, 5.74) is 0.827. The van der Waals surface area contributed by atoms with Crippen LogP contribution in [0, 0.1) is 6.92 Å². The Hall–Kier alpha value is -0.790. The van der Waals surface area contributed by atoms with Crippen molar-refractivity contribution in [2.24, 2.45) is 0 Å². The van der Waals surface area contributed by atoms with Crippen LogP contribution in [0.25, 0.3) is 0 Å². The molecule has 0 fully saturated rings. The lowest BCUT2D eigenvalue weighted by molar-refractivity contribution is 0.187. The number of ether oxygens (including phenoxy) is 1. The van der Waals surface area contributed by atoms with Gasteiger partial charge in [-0.2, -0.15) is 0 Å². The molecule has 0 saturated heterocycles. The Morgan fingerprint density at radius 1 is 1.47 bits per heavy atom. The molecule has 94 valence electrons. The third-order valence-corrected chi connectivity index (χ3v) is 4.07. The second kappa shape index (κ2) is 5.24. The molecule has 0 atom stereocenters. The molecule has 0 aliphatic rings. The summed E-state index contributed by atoms with van der Waals surface area (Å²) in [6.45, 7) is 1.57. The monoisotopic (exact) mass is 341 g/mol. The Kier molecular flexibility index (Phi) is 4.40. The smallest absolute Gasteiger partial charge is 0.411 e. The van der Waals surface area contributed by atoms with Crippen molar-refractivity contribution in [3.63, 3.8) is 0 Å². The highest BCUT2D eigenvalue weighted by molar-refractivity contribution is 9.10. The van der Waals surface area contributed by atoms with Crippen LogP contribution >= 0.6 is 26.6 Å². The highest BCUT2D eigenvalue weighted by Crippen LogP contribution is 2.30. The highest BCUT2D eigenvalue weighted by atomic mass is 79.9. The molecular weight excluding hydrogens is 334 g/mol. The Morgan fingerprint density at radius 3 is 2.53 bits per heavy atom. The Labute approximate surface area is 112 Å². The van der Waals surface area contributed by atoms with E-state index in [9.17, 15) is 13.2 Å². The molecule has 0 bridgehead atoms. The minimum atomic E-state index is -3.81. The molecule has 0 unspecified atom stereocenters. The van der Waals surface area contributed by atoms with Gasteiger partial charge in [-0.1, -0.05) is 0 Å². The van der Waals surface area contributed by atoms with Crippen LogP contribution in [0.5, 0.6) is 0 Å². The summed E-state index contributed by atoms with van der Waals surface area (Å²) >= 11 is 3.14. The fraction of sp³-hybridized carbons (Fsp3) is 0.222. The number of anilines is 1. The number of methoxy groups -OCH3 is 1. The maximum absolute atomic E-state index is 11.2. The van der Waals surface area contributed by atoms with Crippen LogP contribution < -0.4 is 5.32 Å². The summed E-state index contributed by atoms with van der Waals surface area (Å²) in [5, 5.41) is 2.43. The third kappa shape index (κ3) is 3.58. The minimum Gasteiger partial charge on any atom is -0.453 e. The fourth-order valence-corrected chi connectivity index (χ4v) is 2.98. The molecule has 1 rings (SSSR count). The second-order valence-electron chi connectivity index (χ2n) is 3.15. The lowest BCUT2D eigenvalue weighted by atomic mass is 10.2. The van der Waals surface area contributed by atoms with E-state index in [1.165, 1.54) is 19.2 Å². The van der Waals surface area contributed by atoms with Gasteiger partial charge in [-0.15, -0.1) is 0 Å². The van der Waals surface area contributed by atoms with E-state index in [2.05, 4.69) is 26.0 Å². The van der Waals surface area contributed by atoms with Gasteiger partial charge < -0.3 is 4.74 Å². The number of carbonyl (C=O) groups excluding carboxylic acids is 1. The van der Waals surface area contributed by atoms with Crippen molar-refractivity contribution in [1.82, 2.24) is 0 Å². The fourth-order valence-electron chi connectivity index (χ4n) is 1.18. The molecule has 1 amide bonds. The van der Waals surface area contributed by atoms with Crippen LogP contribution in [0.4, 0.5) is 10.5 Å². The normalized spacial score (nSPS) is 11.1. The van der Waals surface area contributed by atoms with E-state index in [0.29, 0.717) is 15.7 Å². The quantitative estimate of drug-likeness (QED) is 0.839. The number of nitrogens with one attached hydrogen (secondary N) is 1. The van der Waals surface area contributed by atoms with Gasteiger partial charge >= 0.3 is 6.09 Å². The first-order chi connectivity index (χ1) is 7.75. The molecule has 1 N–H and O–H groups in total. The van der Waals surface area contributed by atoms with Gasteiger partial charge in [0.15, 0.2) is 0 Å². The van der Waals surface area contributed by atoms with Gasteiger partial charge in [0.1, 0.15) is 0 Å². The van der Waals surface area contributed by atoms with Crippen LogP contribution in [-0.4, -0.2) is 21.6 Å². The van der Waals surface area contributed by atoms with E-state index in [0.717, 1.165) is 0 Å². The Balaban J connectivity index is 3.24. The minimum absolute atomic E-state index is 0.0125. The molecule has 0 spiro atoms. The number of rotatable bonds is 2.